The normalized spacial score (nSPS) is 11.2. The molecule has 1 aromatic carbocycles. The molecular weight excluding hydrogens is 338 g/mol. The minimum Gasteiger partial charge on any atom is -0.399 e. The average Bonchev–Trinajstić information content (AvgIpc) is 3.04. The van der Waals surface area contributed by atoms with Crippen molar-refractivity contribution in [3.05, 3.63) is 58.7 Å². The van der Waals surface area contributed by atoms with Gasteiger partial charge in [-0.15, -0.1) is 11.3 Å². The molecule has 0 bridgehead atoms. The highest BCUT2D eigenvalue weighted by atomic mass is 35.5. The first kappa shape index (κ1) is 16.5. The van der Waals surface area contributed by atoms with Crippen LogP contribution in [0.2, 0.25) is 5.02 Å². The van der Waals surface area contributed by atoms with E-state index in [-0.39, 0.29) is 0 Å². The second-order valence-corrected chi connectivity index (χ2v) is 7.42. The third-order valence-electron chi connectivity index (χ3n) is 3.87. The molecule has 3 nitrogen and oxygen atoms in total. The summed E-state index contributed by atoms with van der Waals surface area (Å²) in [4.78, 5) is 5.42. The van der Waals surface area contributed by atoms with Crippen LogP contribution < -0.4 is 5.73 Å². The number of rotatable bonds is 3. The van der Waals surface area contributed by atoms with E-state index in [2.05, 4.69) is 22.5 Å². The van der Waals surface area contributed by atoms with Gasteiger partial charge in [0.25, 0.3) is 0 Å². The van der Waals surface area contributed by atoms with Gasteiger partial charge in [-0.05, 0) is 60.7 Å². The van der Waals surface area contributed by atoms with Crippen LogP contribution in [0.15, 0.2) is 48.0 Å². The molecule has 0 radical (unpaired) electrons. The monoisotopic (exact) mass is 353 g/mol. The minimum absolute atomic E-state index is 0.616. The number of hydrogen-bond acceptors (Lipinski definition) is 4. The molecule has 3 rings (SSSR count). The van der Waals surface area contributed by atoms with Gasteiger partial charge in [0, 0.05) is 22.3 Å². The number of nitriles is 1. The lowest BCUT2D eigenvalue weighted by atomic mass is 9.89. The van der Waals surface area contributed by atoms with Gasteiger partial charge in [0.1, 0.15) is 0 Å². The number of aromatic nitrogens is 1. The summed E-state index contributed by atoms with van der Waals surface area (Å²) in [7, 11) is 0. The summed E-state index contributed by atoms with van der Waals surface area (Å²) >= 11 is 7.93. The Morgan fingerprint density at radius 1 is 1.17 bits per heavy atom. The Hall–Kier alpha value is -2.35. The van der Waals surface area contributed by atoms with E-state index in [1.165, 1.54) is 0 Å². The fraction of sp³-hybridized carbons (Fsp3) is 0.158. The molecule has 0 unspecified atom stereocenters. The van der Waals surface area contributed by atoms with Crippen molar-refractivity contribution in [3.8, 4) is 27.6 Å². The SMILES string of the molecule is CC(C)(C#N)c1cc(-c2csc(-c3ccc(N)cc3Cl)c2)ccn1. The molecule has 2 N–H and O–H groups in total. The summed E-state index contributed by atoms with van der Waals surface area (Å²) in [6.45, 7) is 3.73. The third kappa shape index (κ3) is 3.14. The molecule has 0 aliphatic carbocycles. The predicted molar refractivity (Wildman–Crippen MR) is 101 cm³/mol. The molecular formula is C19H16ClN3S. The molecule has 24 heavy (non-hydrogen) atoms. The standard InChI is InChI=1S/C19H16ClN3S/c1-19(2,11-21)18-8-12(5-6-23-18)13-7-17(24-10-13)15-4-3-14(22)9-16(15)20/h3-10H,22H2,1-2H3. The highest BCUT2D eigenvalue weighted by Gasteiger charge is 2.22. The zero-order valence-electron chi connectivity index (χ0n) is 13.4. The molecule has 0 spiro atoms. The van der Waals surface area contributed by atoms with Crippen molar-refractivity contribution >= 4 is 28.6 Å². The van der Waals surface area contributed by atoms with E-state index in [4.69, 9.17) is 17.3 Å². The van der Waals surface area contributed by atoms with Crippen LogP contribution in [-0.2, 0) is 5.41 Å². The number of thiophene rings is 1. The highest BCUT2D eigenvalue weighted by molar-refractivity contribution is 7.14. The van der Waals surface area contributed by atoms with Gasteiger partial charge in [0.05, 0.1) is 22.2 Å². The van der Waals surface area contributed by atoms with Gasteiger partial charge in [0.15, 0.2) is 0 Å². The van der Waals surface area contributed by atoms with Gasteiger partial charge >= 0.3 is 0 Å². The first-order valence-corrected chi connectivity index (χ1v) is 8.68. The molecule has 120 valence electrons. The number of nitrogens with two attached hydrogens (primary N) is 1. The molecule has 2 aromatic heterocycles. The van der Waals surface area contributed by atoms with E-state index in [0.717, 1.165) is 27.3 Å². The van der Waals surface area contributed by atoms with Crippen LogP contribution in [-0.4, -0.2) is 4.98 Å². The Morgan fingerprint density at radius 2 is 1.96 bits per heavy atom. The zero-order valence-corrected chi connectivity index (χ0v) is 14.9. The Balaban J connectivity index is 2.00. The van der Waals surface area contributed by atoms with Crippen molar-refractivity contribution in [2.24, 2.45) is 0 Å². The third-order valence-corrected chi connectivity index (χ3v) is 5.15. The fourth-order valence-corrected chi connectivity index (χ4v) is 3.67. The zero-order chi connectivity index (χ0) is 17.3. The van der Waals surface area contributed by atoms with E-state index >= 15 is 0 Å². The second kappa shape index (κ2) is 6.27. The minimum atomic E-state index is -0.616. The van der Waals surface area contributed by atoms with Crippen molar-refractivity contribution in [2.45, 2.75) is 19.3 Å². The maximum Gasteiger partial charge on any atom is 0.0937 e. The van der Waals surface area contributed by atoms with Crippen molar-refractivity contribution < 1.29 is 0 Å². The van der Waals surface area contributed by atoms with Crippen LogP contribution in [0.25, 0.3) is 21.6 Å². The second-order valence-electron chi connectivity index (χ2n) is 6.11. The molecule has 0 saturated carbocycles. The quantitative estimate of drug-likeness (QED) is 0.631. The maximum absolute atomic E-state index is 9.30. The number of anilines is 1. The van der Waals surface area contributed by atoms with E-state index in [9.17, 15) is 5.26 Å². The van der Waals surface area contributed by atoms with E-state index in [1.54, 1.807) is 23.6 Å². The summed E-state index contributed by atoms with van der Waals surface area (Å²) in [6, 6.07) is 13.9. The Labute approximate surface area is 150 Å². The van der Waals surface area contributed by atoms with Crippen LogP contribution in [0.1, 0.15) is 19.5 Å². The molecule has 0 aliphatic heterocycles. The Bertz CT molecular complexity index is 938. The maximum atomic E-state index is 9.30. The molecule has 5 heteroatoms. The number of nitrogen functional groups attached to an aromatic ring is 1. The predicted octanol–water partition coefficient (Wildman–Crippen LogP) is 5.51. The highest BCUT2D eigenvalue weighted by Crippen LogP contribution is 2.37. The van der Waals surface area contributed by atoms with Crippen LogP contribution >= 0.6 is 22.9 Å². The lowest BCUT2D eigenvalue weighted by molar-refractivity contribution is 0.660. The average molecular weight is 354 g/mol. The number of benzene rings is 1. The number of hydrogen-bond donors (Lipinski definition) is 1. The molecule has 0 saturated heterocycles. The summed E-state index contributed by atoms with van der Waals surface area (Å²) < 4.78 is 0. The van der Waals surface area contributed by atoms with E-state index in [1.807, 2.05) is 38.1 Å². The van der Waals surface area contributed by atoms with Crippen LogP contribution in [0.3, 0.4) is 0 Å². The fourth-order valence-electron chi connectivity index (χ4n) is 2.37. The number of nitrogens with zero attached hydrogens (tertiary/aromatic N) is 2. The molecule has 0 aliphatic rings. The Kier molecular flexibility index (Phi) is 4.31. The molecule has 0 fully saturated rings. The molecule has 3 aromatic rings. The van der Waals surface area contributed by atoms with Crippen molar-refractivity contribution in [1.29, 1.82) is 5.26 Å². The lowest BCUT2D eigenvalue weighted by Crippen LogP contribution is -2.15. The van der Waals surface area contributed by atoms with Crippen molar-refractivity contribution in [1.82, 2.24) is 4.98 Å². The van der Waals surface area contributed by atoms with Gasteiger partial charge in [0.2, 0.25) is 0 Å². The van der Waals surface area contributed by atoms with Gasteiger partial charge in [-0.25, -0.2) is 0 Å². The van der Waals surface area contributed by atoms with Gasteiger partial charge in [-0.3, -0.25) is 4.98 Å². The topological polar surface area (TPSA) is 62.7 Å². The first-order valence-electron chi connectivity index (χ1n) is 7.43. The summed E-state index contributed by atoms with van der Waals surface area (Å²) in [6.07, 6.45) is 1.75. The summed E-state index contributed by atoms with van der Waals surface area (Å²) in [5.74, 6) is 0. The number of halogens is 1. The molecule has 2 heterocycles. The van der Waals surface area contributed by atoms with Crippen LogP contribution in [0.4, 0.5) is 5.69 Å². The largest absolute Gasteiger partial charge is 0.399 e. The number of pyridine rings is 1. The van der Waals surface area contributed by atoms with E-state index < -0.39 is 5.41 Å². The van der Waals surface area contributed by atoms with Crippen molar-refractivity contribution in [2.75, 3.05) is 5.73 Å². The van der Waals surface area contributed by atoms with E-state index in [0.29, 0.717) is 10.7 Å². The first-order chi connectivity index (χ1) is 11.4. The van der Waals surface area contributed by atoms with Gasteiger partial charge in [-0.2, -0.15) is 5.26 Å². The molecule has 0 amide bonds. The molecule has 0 atom stereocenters. The summed E-state index contributed by atoms with van der Waals surface area (Å²) in [5.41, 5.74) is 9.65. The van der Waals surface area contributed by atoms with Gasteiger partial charge < -0.3 is 5.73 Å². The van der Waals surface area contributed by atoms with Crippen molar-refractivity contribution in [3.63, 3.8) is 0 Å². The lowest BCUT2D eigenvalue weighted by Gasteiger charge is -2.14. The smallest absolute Gasteiger partial charge is 0.0937 e. The summed E-state index contributed by atoms with van der Waals surface area (Å²) in [5, 5.41) is 12.0. The van der Waals surface area contributed by atoms with Crippen LogP contribution in [0.5, 0.6) is 0 Å². The van der Waals surface area contributed by atoms with Gasteiger partial charge in [-0.1, -0.05) is 17.7 Å². The Morgan fingerprint density at radius 3 is 2.67 bits per heavy atom. The van der Waals surface area contributed by atoms with Crippen LogP contribution in [0, 0.1) is 11.3 Å².